The van der Waals surface area contributed by atoms with Gasteiger partial charge in [0.1, 0.15) is 5.82 Å². The van der Waals surface area contributed by atoms with E-state index >= 15 is 0 Å². The third-order valence-electron chi connectivity index (χ3n) is 2.02. The highest BCUT2D eigenvalue weighted by atomic mass is 79.9. The Balaban J connectivity index is 2.24. The van der Waals surface area contributed by atoms with E-state index in [1.165, 1.54) is 16.8 Å². The van der Waals surface area contributed by atoms with Crippen LogP contribution in [0.15, 0.2) is 29.0 Å². The number of aromatic nitrogens is 3. The number of hydrogen-bond acceptors (Lipinski definition) is 4. The van der Waals surface area contributed by atoms with Gasteiger partial charge in [-0.25, -0.2) is 4.39 Å². The summed E-state index contributed by atoms with van der Waals surface area (Å²) >= 11 is 3.07. The van der Waals surface area contributed by atoms with Crippen molar-refractivity contribution in [2.45, 2.75) is 6.54 Å². The summed E-state index contributed by atoms with van der Waals surface area (Å²) in [7, 11) is 0. The van der Waals surface area contributed by atoms with Crippen molar-refractivity contribution >= 4 is 21.9 Å². The molecule has 0 amide bonds. The lowest BCUT2D eigenvalue weighted by Crippen LogP contribution is -2.02. The van der Waals surface area contributed by atoms with E-state index in [-0.39, 0.29) is 17.1 Å². The molecule has 1 heterocycles. The highest BCUT2D eigenvalue weighted by Crippen LogP contribution is 2.14. The van der Waals surface area contributed by atoms with Gasteiger partial charge >= 0.3 is 5.95 Å². The lowest BCUT2D eigenvalue weighted by molar-refractivity contribution is -0.394. The largest absolute Gasteiger partial charge is 0.492 e. The van der Waals surface area contributed by atoms with Crippen LogP contribution in [0.5, 0.6) is 0 Å². The normalized spacial score (nSPS) is 10.5. The molecule has 0 aliphatic heterocycles. The molecular weight excluding hydrogens is 295 g/mol. The molecule has 88 valence electrons. The highest BCUT2D eigenvalue weighted by Gasteiger charge is 2.19. The van der Waals surface area contributed by atoms with E-state index in [2.05, 4.69) is 26.0 Å². The zero-order valence-electron chi connectivity index (χ0n) is 8.38. The molecule has 0 fully saturated rings. The zero-order chi connectivity index (χ0) is 12.4. The second-order valence-electron chi connectivity index (χ2n) is 3.22. The fourth-order valence-electron chi connectivity index (χ4n) is 1.25. The Hall–Kier alpha value is -1.83. The lowest BCUT2D eigenvalue weighted by atomic mass is 10.2. The number of rotatable bonds is 3. The van der Waals surface area contributed by atoms with Crippen molar-refractivity contribution in [1.82, 2.24) is 14.8 Å². The zero-order valence-corrected chi connectivity index (χ0v) is 9.96. The summed E-state index contributed by atoms with van der Waals surface area (Å²) in [5, 5.41) is 14.2. The van der Waals surface area contributed by atoms with E-state index in [0.29, 0.717) is 0 Å². The van der Waals surface area contributed by atoms with Crippen molar-refractivity contribution in [3.8, 4) is 0 Å². The summed E-state index contributed by atoms with van der Waals surface area (Å²) < 4.78 is 14.3. The SMILES string of the molecule is O=[N+]([O-])c1nc(Br)n(Cc2ccc(F)cc2)n1. The van der Waals surface area contributed by atoms with Crippen LogP contribution in [-0.2, 0) is 6.54 Å². The number of nitro groups is 1. The van der Waals surface area contributed by atoms with Gasteiger partial charge < -0.3 is 10.1 Å². The highest BCUT2D eigenvalue weighted by molar-refractivity contribution is 9.10. The molecule has 1 aromatic carbocycles. The van der Waals surface area contributed by atoms with Gasteiger partial charge in [0, 0.05) is 21.0 Å². The molecular formula is C9H6BrFN4O2. The maximum Gasteiger partial charge on any atom is 0.492 e. The summed E-state index contributed by atoms with van der Waals surface area (Å²) in [6.07, 6.45) is 0. The maximum absolute atomic E-state index is 12.7. The van der Waals surface area contributed by atoms with E-state index in [9.17, 15) is 14.5 Å². The third kappa shape index (κ3) is 2.64. The first-order valence-corrected chi connectivity index (χ1v) is 5.35. The second kappa shape index (κ2) is 4.58. The fourth-order valence-corrected chi connectivity index (χ4v) is 1.62. The molecule has 1 aromatic heterocycles. The summed E-state index contributed by atoms with van der Waals surface area (Å²) in [6, 6.07) is 5.79. The Bertz CT molecular complexity index is 555. The molecule has 0 radical (unpaired) electrons. The van der Waals surface area contributed by atoms with Crippen molar-refractivity contribution in [2.75, 3.05) is 0 Å². The van der Waals surface area contributed by atoms with Gasteiger partial charge in [-0.05, 0) is 27.6 Å². The molecule has 0 spiro atoms. The topological polar surface area (TPSA) is 73.8 Å². The number of halogens is 2. The van der Waals surface area contributed by atoms with E-state index in [0.717, 1.165) is 5.56 Å². The predicted octanol–water partition coefficient (Wildman–Crippen LogP) is 2.14. The van der Waals surface area contributed by atoms with Gasteiger partial charge in [-0.15, -0.1) is 0 Å². The van der Waals surface area contributed by atoms with Crippen molar-refractivity contribution in [3.63, 3.8) is 0 Å². The Morgan fingerprint density at radius 2 is 2.06 bits per heavy atom. The van der Waals surface area contributed by atoms with Crippen molar-refractivity contribution < 1.29 is 9.31 Å². The smallest absolute Gasteiger partial charge is 0.390 e. The Labute approximate surface area is 103 Å². The molecule has 2 rings (SSSR count). The Morgan fingerprint density at radius 3 is 2.59 bits per heavy atom. The van der Waals surface area contributed by atoms with Crippen molar-refractivity contribution in [3.05, 3.63) is 50.5 Å². The van der Waals surface area contributed by atoms with Gasteiger partial charge in [0.05, 0.1) is 6.54 Å². The summed E-state index contributed by atoms with van der Waals surface area (Å²) in [5.74, 6) is -0.809. The van der Waals surface area contributed by atoms with Crippen LogP contribution in [0.3, 0.4) is 0 Å². The van der Waals surface area contributed by atoms with Gasteiger partial charge in [-0.3, -0.25) is 0 Å². The molecule has 17 heavy (non-hydrogen) atoms. The van der Waals surface area contributed by atoms with Gasteiger partial charge in [-0.2, -0.15) is 4.68 Å². The minimum absolute atomic E-state index is 0.258. The van der Waals surface area contributed by atoms with Crippen LogP contribution in [0.2, 0.25) is 0 Å². The summed E-state index contributed by atoms with van der Waals surface area (Å²) in [6.45, 7) is 0.279. The van der Waals surface area contributed by atoms with Gasteiger partial charge in [0.2, 0.25) is 0 Å². The molecule has 0 saturated heterocycles. The fraction of sp³-hybridized carbons (Fsp3) is 0.111. The number of nitrogens with zero attached hydrogens (tertiary/aromatic N) is 4. The minimum Gasteiger partial charge on any atom is -0.390 e. The van der Waals surface area contributed by atoms with Crippen LogP contribution in [0.1, 0.15) is 5.56 Å². The van der Waals surface area contributed by atoms with Crippen LogP contribution in [0.4, 0.5) is 10.3 Å². The molecule has 0 atom stereocenters. The number of benzene rings is 1. The first-order valence-electron chi connectivity index (χ1n) is 4.55. The second-order valence-corrected chi connectivity index (χ2v) is 3.93. The summed E-state index contributed by atoms with van der Waals surface area (Å²) in [4.78, 5) is 13.4. The number of hydrogen-bond donors (Lipinski definition) is 0. The first-order chi connectivity index (χ1) is 8.06. The van der Waals surface area contributed by atoms with Crippen LogP contribution < -0.4 is 0 Å². The lowest BCUT2D eigenvalue weighted by Gasteiger charge is -1.98. The molecule has 6 nitrogen and oxygen atoms in total. The predicted molar refractivity (Wildman–Crippen MR) is 59.9 cm³/mol. The van der Waals surface area contributed by atoms with E-state index in [1.807, 2.05) is 0 Å². The average Bonchev–Trinajstić information content (AvgIpc) is 2.64. The van der Waals surface area contributed by atoms with Gasteiger partial charge in [-0.1, -0.05) is 12.1 Å². The quantitative estimate of drug-likeness (QED) is 0.643. The molecule has 0 unspecified atom stereocenters. The van der Waals surface area contributed by atoms with E-state index in [1.54, 1.807) is 12.1 Å². The van der Waals surface area contributed by atoms with E-state index in [4.69, 9.17) is 0 Å². The average molecular weight is 301 g/mol. The molecule has 0 bridgehead atoms. The van der Waals surface area contributed by atoms with Crippen LogP contribution in [0, 0.1) is 15.9 Å². The van der Waals surface area contributed by atoms with Crippen molar-refractivity contribution in [1.29, 1.82) is 0 Å². The molecule has 2 aromatic rings. The Morgan fingerprint density at radius 1 is 1.41 bits per heavy atom. The minimum atomic E-state index is -0.675. The molecule has 0 saturated carbocycles. The third-order valence-corrected chi connectivity index (χ3v) is 2.61. The van der Waals surface area contributed by atoms with Gasteiger partial charge in [0.25, 0.3) is 4.73 Å². The monoisotopic (exact) mass is 300 g/mol. The first kappa shape index (κ1) is 11.6. The standard InChI is InChI=1S/C9H6BrFN4O2/c10-8-12-9(15(16)17)13-14(8)5-6-1-3-7(11)4-2-6/h1-4H,5H2. The van der Waals surface area contributed by atoms with Crippen LogP contribution in [-0.4, -0.2) is 19.7 Å². The van der Waals surface area contributed by atoms with E-state index < -0.39 is 10.9 Å². The van der Waals surface area contributed by atoms with Crippen LogP contribution >= 0.6 is 15.9 Å². The van der Waals surface area contributed by atoms with Gasteiger partial charge in [0.15, 0.2) is 0 Å². The van der Waals surface area contributed by atoms with Crippen molar-refractivity contribution in [2.24, 2.45) is 0 Å². The maximum atomic E-state index is 12.7. The Kier molecular flexibility index (Phi) is 3.14. The molecule has 0 aliphatic carbocycles. The molecule has 8 heteroatoms. The van der Waals surface area contributed by atoms with Crippen LogP contribution in [0.25, 0.3) is 0 Å². The molecule has 0 aliphatic rings. The summed E-state index contributed by atoms with van der Waals surface area (Å²) in [5.41, 5.74) is 0.770. The molecule has 0 N–H and O–H groups in total.